The van der Waals surface area contributed by atoms with Crippen molar-refractivity contribution in [2.45, 2.75) is 32.4 Å². The van der Waals surface area contributed by atoms with E-state index in [1.807, 2.05) is 6.92 Å². The number of sulfone groups is 1. The number of aromatic nitrogens is 2. The molecule has 0 spiro atoms. The fourth-order valence-electron chi connectivity index (χ4n) is 2.12. The van der Waals surface area contributed by atoms with Gasteiger partial charge in [0, 0.05) is 12.0 Å². The lowest BCUT2D eigenvalue weighted by Crippen LogP contribution is -2.36. The molecule has 2 heterocycles. The van der Waals surface area contributed by atoms with E-state index in [1.54, 1.807) is 0 Å². The van der Waals surface area contributed by atoms with Crippen molar-refractivity contribution in [3.8, 4) is 0 Å². The number of nitrogens with one attached hydrogen (secondary N) is 2. The van der Waals surface area contributed by atoms with Gasteiger partial charge in [0.1, 0.15) is 11.5 Å². The first kappa shape index (κ1) is 15.4. The van der Waals surface area contributed by atoms with Gasteiger partial charge in [0.25, 0.3) is 5.56 Å². The van der Waals surface area contributed by atoms with Crippen LogP contribution in [-0.2, 0) is 16.4 Å². The Bertz CT molecular complexity index is 775. The van der Waals surface area contributed by atoms with E-state index in [-0.39, 0.29) is 17.3 Å². The van der Waals surface area contributed by atoms with Crippen LogP contribution >= 0.6 is 0 Å². The summed E-state index contributed by atoms with van der Waals surface area (Å²) < 4.78 is 24.0. The van der Waals surface area contributed by atoms with Gasteiger partial charge in [-0.1, -0.05) is 19.4 Å². The molecule has 0 aliphatic carbocycles. The molecule has 1 unspecified atom stereocenters. The summed E-state index contributed by atoms with van der Waals surface area (Å²) in [5.74, 6) is -0.116. The second-order valence-corrected chi connectivity index (χ2v) is 6.86. The third kappa shape index (κ3) is 3.35. The molecule has 0 saturated heterocycles. The normalized spacial score (nSPS) is 19.8. The van der Waals surface area contributed by atoms with Crippen molar-refractivity contribution in [1.82, 2.24) is 9.55 Å². The molecule has 2 rings (SSSR count). The van der Waals surface area contributed by atoms with Gasteiger partial charge in [-0.3, -0.25) is 14.3 Å². The zero-order chi connectivity index (χ0) is 15.6. The zero-order valence-corrected chi connectivity index (χ0v) is 12.4. The van der Waals surface area contributed by atoms with Gasteiger partial charge < -0.3 is 11.1 Å². The highest BCUT2D eigenvalue weighted by Crippen LogP contribution is 2.16. The third-order valence-electron chi connectivity index (χ3n) is 3.23. The van der Waals surface area contributed by atoms with Crippen LogP contribution in [0.5, 0.6) is 0 Å². The van der Waals surface area contributed by atoms with Crippen molar-refractivity contribution in [3.05, 3.63) is 32.3 Å². The van der Waals surface area contributed by atoms with Crippen molar-refractivity contribution < 1.29 is 8.42 Å². The van der Waals surface area contributed by atoms with Gasteiger partial charge >= 0.3 is 5.69 Å². The van der Waals surface area contributed by atoms with Crippen LogP contribution < -0.4 is 22.3 Å². The summed E-state index contributed by atoms with van der Waals surface area (Å²) in [6.07, 6.45) is 3.07. The Morgan fingerprint density at radius 3 is 2.76 bits per heavy atom. The molecule has 0 amide bonds. The zero-order valence-electron chi connectivity index (χ0n) is 11.6. The molecule has 0 saturated carbocycles. The fraction of sp³-hybridized carbons (Fsp3) is 0.500. The van der Waals surface area contributed by atoms with E-state index in [0.717, 1.165) is 18.2 Å². The summed E-state index contributed by atoms with van der Waals surface area (Å²) >= 11 is 0. The monoisotopic (exact) mass is 314 g/mol. The molecule has 0 aromatic carbocycles. The Hall–Kier alpha value is -2.03. The van der Waals surface area contributed by atoms with Gasteiger partial charge in [-0.25, -0.2) is 13.2 Å². The third-order valence-corrected chi connectivity index (χ3v) is 4.63. The summed E-state index contributed by atoms with van der Waals surface area (Å²) in [5.41, 5.74) is 4.69. The highest BCUT2D eigenvalue weighted by Gasteiger charge is 2.23. The van der Waals surface area contributed by atoms with E-state index >= 15 is 0 Å². The van der Waals surface area contributed by atoms with E-state index in [9.17, 15) is 18.0 Å². The largest absolute Gasteiger partial charge is 0.383 e. The molecule has 1 aromatic heterocycles. The maximum Gasteiger partial charge on any atom is 0.330 e. The van der Waals surface area contributed by atoms with Gasteiger partial charge in [0.05, 0.1) is 11.8 Å². The minimum absolute atomic E-state index is 0.0231. The lowest BCUT2D eigenvalue weighted by atomic mass is 10.3. The van der Waals surface area contributed by atoms with Crippen LogP contribution in [0.4, 0.5) is 11.5 Å². The quantitative estimate of drug-likeness (QED) is 0.681. The number of aromatic amines is 1. The molecule has 1 aromatic rings. The molecule has 1 aliphatic heterocycles. The van der Waals surface area contributed by atoms with Gasteiger partial charge in [0.15, 0.2) is 9.84 Å². The number of H-pyrrole nitrogens is 1. The highest BCUT2D eigenvalue weighted by molar-refractivity contribution is 7.94. The van der Waals surface area contributed by atoms with E-state index in [0.29, 0.717) is 6.54 Å². The van der Waals surface area contributed by atoms with Crippen LogP contribution in [0.2, 0.25) is 0 Å². The van der Waals surface area contributed by atoms with E-state index < -0.39 is 27.1 Å². The highest BCUT2D eigenvalue weighted by atomic mass is 32.2. The first-order valence-corrected chi connectivity index (χ1v) is 8.35. The fourth-order valence-corrected chi connectivity index (χ4v) is 3.35. The summed E-state index contributed by atoms with van der Waals surface area (Å²) in [5, 5.41) is 3.88. The minimum atomic E-state index is -3.24. The van der Waals surface area contributed by atoms with Crippen molar-refractivity contribution in [1.29, 1.82) is 0 Å². The summed E-state index contributed by atoms with van der Waals surface area (Å²) in [4.78, 5) is 25.8. The van der Waals surface area contributed by atoms with E-state index in [4.69, 9.17) is 5.73 Å². The Labute approximate surface area is 121 Å². The van der Waals surface area contributed by atoms with Gasteiger partial charge in [-0.05, 0) is 6.42 Å². The minimum Gasteiger partial charge on any atom is -0.383 e. The molecule has 116 valence electrons. The number of anilines is 2. The first-order chi connectivity index (χ1) is 9.84. The molecule has 8 nitrogen and oxygen atoms in total. The number of hydrogen-bond acceptors (Lipinski definition) is 6. The van der Waals surface area contributed by atoms with Gasteiger partial charge in [-0.2, -0.15) is 0 Å². The number of nitrogens with zero attached hydrogens (tertiary/aromatic N) is 1. The van der Waals surface area contributed by atoms with Crippen LogP contribution in [-0.4, -0.2) is 29.8 Å². The lowest BCUT2D eigenvalue weighted by Gasteiger charge is -2.16. The van der Waals surface area contributed by atoms with Gasteiger partial charge in [0.2, 0.25) is 0 Å². The molecule has 0 bridgehead atoms. The number of rotatable bonds is 5. The second-order valence-electron chi connectivity index (χ2n) is 4.93. The smallest absolute Gasteiger partial charge is 0.330 e. The van der Waals surface area contributed by atoms with Crippen molar-refractivity contribution >= 4 is 21.3 Å². The maximum atomic E-state index is 11.9. The van der Waals surface area contributed by atoms with E-state index in [2.05, 4.69) is 10.3 Å². The van der Waals surface area contributed by atoms with Crippen molar-refractivity contribution in [2.24, 2.45) is 0 Å². The maximum absolute atomic E-state index is 11.9. The molecule has 21 heavy (non-hydrogen) atoms. The van der Waals surface area contributed by atoms with Crippen LogP contribution in [0.15, 0.2) is 21.1 Å². The Morgan fingerprint density at radius 2 is 2.19 bits per heavy atom. The summed E-state index contributed by atoms with van der Waals surface area (Å²) in [6, 6.07) is -0.532. The van der Waals surface area contributed by atoms with Crippen LogP contribution in [0, 0.1) is 0 Å². The molecular formula is C12H18N4O4S. The molecule has 0 fully saturated rings. The number of nitrogens with two attached hydrogens (primary N) is 1. The predicted octanol–water partition coefficient (Wildman–Crippen LogP) is -0.358. The molecular weight excluding hydrogens is 296 g/mol. The average Bonchev–Trinajstić information content (AvgIpc) is 2.74. The Kier molecular flexibility index (Phi) is 4.21. The van der Waals surface area contributed by atoms with Crippen molar-refractivity contribution in [3.63, 3.8) is 0 Å². The Balaban J connectivity index is 2.34. The molecule has 4 N–H and O–H groups in total. The number of hydrogen-bond donors (Lipinski definition) is 3. The van der Waals surface area contributed by atoms with Crippen molar-refractivity contribution in [2.75, 3.05) is 16.8 Å². The van der Waals surface area contributed by atoms with Crippen LogP contribution in [0.25, 0.3) is 0 Å². The second kappa shape index (κ2) is 5.76. The van der Waals surface area contributed by atoms with E-state index in [1.165, 1.54) is 10.6 Å². The molecule has 0 radical (unpaired) electrons. The summed E-state index contributed by atoms with van der Waals surface area (Å²) in [7, 11) is -3.24. The Morgan fingerprint density at radius 1 is 1.48 bits per heavy atom. The number of nitrogen functional groups attached to an aromatic ring is 1. The summed E-state index contributed by atoms with van der Waals surface area (Å²) in [6.45, 7) is 2.37. The van der Waals surface area contributed by atoms with Crippen LogP contribution in [0.1, 0.15) is 19.8 Å². The van der Waals surface area contributed by atoms with Crippen LogP contribution in [0.3, 0.4) is 0 Å². The predicted molar refractivity (Wildman–Crippen MR) is 81.0 cm³/mol. The first-order valence-electron chi connectivity index (χ1n) is 6.64. The molecule has 1 aliphatic rings. The topological polar surface area (TPSA) is 127 Å². The lowest BCUT2D eigenvalue weighted by molar-refractivity contribution is 0.603. The SMILES string of the molecule is CCCCn1c(N)c(NC2C=CS(=O)(=O)C2)c(=O)[nH]c1=O. The molecule has 9 heteroatoms. The van der Waals surface area contributed by atoms with Gasteiger partial charge in [-0.15, -0.1) is 0 Å². The standard InChI is InChI=1S/C12H18N4O4S/c1-2-3-5-16-10(13)9(11(17)15-12(16)18)14-8-4-6-21(19,20)7-8/h4,6,8,14H,2-3,5,7,13H2,1H3,(H,15,17,18). The molecule has 1 atom stereocenters. The number of unbranched alkanes of at least 4 members (excludes halogenated alkanes) is 1. The average molecular weight is 314 g/mol.